The lowest BCUT2D eigenvalue weighted by atomic mass is 10.2. The standard InChI is InChI=1S/C20H19NO3S/c22-20(21-15-18-5-4-12-23-18)16-8-10-17(11-9-16)24-13-14-25-19-6-2-1-3-7-19/h1-12H,13-15H2,(H,21,22). The summed E-state index contributed by atoms with van der Waals surface area (Å²) >= 11 is 1.75. The fourth-order valence-corrected chi connectivity index (χ4v) is 2.97. The Morgan fingerprint density at radius 1 is 1.00 bits per heavy atom. The maximum Gasteiger partial charge on any atom is 0.251 e. The van der Waals surface area contributed by atoms with Crippen LogP contribution in [0.3, 0.4) is 0 Å². The van der Waals surface area contributed by atoms with Gasteiger partial charge in [0.2, 0.25) is 0 Å². The van der Waals surface area contributed by atoms with Crippen LogP contribution in [-0.2, 0) is 6.54 Å². The SMILES string of the molecule is O=C(NCc1ccco1)c1ccc(OCCSc2ccccc2)cc1. The number of ether oxygens (including phenoxy) is 1. The molecule has 0 unspecified atom stereocenters. The van der Waals surface area contributed by atoms with E-state index in [9.17, 15) is 4.79 Å². The topological polar surface area (TPSA) is 51.5 Å². The average Bonchev–Trinajstić information content (AvgIpc) is 3.18. The zero-order valence-corrected chi connectivity index (χ0v) is 14.5. The van der Waals surface area contributed by atoms with Crippen LogP contribution in [0.4, 0.5) is 0 Å². The molecule has 0 saturated heterocycles. The molecule has 1 heterocycles. The first-order valence-electron chi connectivity index (χ1n) is 8.02. The molecule has 0 aliphatic rings. The number of furan rings is 1. The molecule has 0 atom stereocenters. The maximum atomic E-state index is 12.1. The Kier molecular flexibility index (Phi) is 6.17. The minimum atomic E-state index is -0.136. The fourth-order valence-electron chi connectivity index (χ4n) is 2.22. The molecular formula is C20H19NO3S. The molecule has 25 heavy (non-hydrogen) atoms. The van der Waals surface area contributed by atoms with Gasteiger partial charge in [-0.25, -0.2) is 0 Å². The predicted octanol–water partition coefficient (Wildman–Crippen LogP) is 4.38. The van der Waals surface area contributed by atoms with Gasteiger partial charge in [0.05, 0.1) is 19.4 Å². The molecule has 0 radical (unpaired) electrons. The summed E-state index contributed by atoms with van der Waals surface area (Å²) in [7, 11) is 0. The van der Waals surface area contributed by atoms with Gasteiger partial charge in [0.1, 0.15) is 11.5 Å². The molecule has 3 aromatic rings. The van der Waals surface area contributed by atoms with E-state index in [1.807, 2.05) is 36.4 Å². The van der Waals surface area contributed by atoms with Crippen molar-refractivity contribution < 1.29 is 13.9 Å². The summed E-state index contributed by atoms with van der Waals surface area (Å²) < 4.78 is 10.9. The quantitative estimate of drug-likeness (QED) is 0.482. The van der Waals surface area contributed by atoms with Crippen LogP contribution in [0.5, 0.6) is 5.75 Å². The number of nitrogens with one attached hydrogen (secondary N) is 1. The minimum Gasteiger partial charge on any atom is -0.493 e. The summed E-state index contributed by atoms with van der Waals surface area (Å²) in [6.07, 6.45) is 1.59. The van der Waals surface area contributed by atoms with E-state index in [2.05, 4.69) is 17.4 Å². The third-order valence-electron chi connectivity index (χ3n) is 3.48. The highest BCUT2D eigenvalue weighted by atomic mass is 32.2. The molecular weight excluding hydrogens is 334 g/mol. The van der Waals surface area contributed by atoms with Crippen LogP contribution in [0, 0.1) is 0 Å². The highest BCUT2D eigenvalue weighted by molar-refractivity contribution is 7.99. The van der Waals surface area contributed by atoms with Crippen LogP contribution in [-0.4, -0.2) is 18.3 Å². The van der Waals surface area contributed by atoms with Crippen molar-refractivity contribution in [1.29, 1.82) is 0 Å². The highest BCUT2D eigenvalue weighted by Gasteiger charge is 2.06. The van der Waals surface area contributed by atoms with E-state index in [1.54, 1.807) is 36.2 Å². The third kappa shape index (κ3) is 5.43. The van der Waals surface area contributed by atoms with E-state index in [4.69, 9.17) is 9.15 Å². The van der Waals surface area contributed by atoms with Crippen molar-refractivity contribution in [3.63, 3.8) is 0 Å². The van der Waals surface area contributed by atoms with Crippen LogP contribution < -0.4 is 10.1 Å². The molecule has 0 aliphatic heterocycles. The Morgan fingerprint density at radius 3 is 2.52 bits per heavy atom. The van der Waals surface area contributed by atoms with Crippen molar-refractivity contribution in [3.05, 3.63) is 84.3 Å². The molecule has 0 spiro atoms. The van der Waals surface area contributed by atoms with Gasteiger partial charge in [-0.15, -0.1) is 11.8 Å². The van der Waals surface area contributed by atoms with Crippen LogP contribution in [0.15, 0.2) is 82.3 Å². The number of benzene rings is 2. The number of hydrogen-bond acceptors (Lipinski definition) is 4. The Labute approximate surface area is 151 Å². The van der Waals surface area contributed by atoms with Gasteiger partial charge >= 0.3 is 0 Å². The molecule has 1 N–H and O–H groups in total. The molecule has 0 bridgehead atoms. The summed E-state index contributed by atoms with van der Waals surface area (Å²) in [6, 6.07) is 21.0. The number of carbonyl (C=O) groups is 1. The number of amides is 1. The number of thioether (sulfide) groups is 1. The first-order valence-corrected chi connectivity index (χ1v) is 9.01. The predicted molar refractivity (Wildman–Crippen MR) is 99.0 cm³/mol. The number of carbonyl (C=O) groups excluding carboxylic acids is 1. The van der Waals surface area contributed by atoms with Gasteiger partial charge in [0, 0.05) is 16.2 Å². The zero-order valence-electron chi connectivity index (χ0n) is 13.7. The molecule has 3 rings (SSSR count). The van der Waals surface area contributed by atoms with E-state index in [1.165, 1.54) is 4.90 Å². The summed E-state index contributed by atoms with van der Waals surface area (Å²) in [5, 5.41) is 2.81. The van der Waals surface area contributed by atoms with Crippen molar-refractivity contribution in [2.24, 2.45) is 0 Å². The van der Waals surface area contributed by atoms with E-state index in [0.29, 0.717) is 18.7 Å². The molecule has 0 saturated carbocycles. The van der Waals surface area contributed by atoms with Crippen LogP contribution in [0.25, 0.3) is 0 Å². The van der Waals surface area contributed by atoms with E-state index in [0.717, 1.165) is 17.3 Å². The second-order valence-electron chi connectivity index (χ2n) is 5.30. The van der Waals surface area contributed by atoms with Gasteiger partial charge in [0.15, 0.2) is 0 Å². The summed E-state index contributed by atoms with van der Waals surface area (Å²) in [6.45, 7) is 0.990. The summed E-state index contributed by atoms with van der Waals surface area (Å²) in [5.41, 5.74) is 0.595. The molecule has 5 heteroatoms. The Hall–Kier alpha value is -2.66. The Bertz CT molecular complexity index is 770. The largest absolute Gasteiger partial charge is 0.493 e. The third-order valence-corrected chi connectivity index (χ3v) is 4.46. The van der Waals surface area contributed by atoms with Crippen molar-refractivity contribution >= 4 is 17.7 Å². The van der Waals surface area contributed by atoms with Crippen molar-refractivity contribution in [1.82, 2.24) is 5.32 Å². The van der Waals surface area contributed by atoms with Crippen molar-refractivity contribution in [2.45, 2.75) is 11.4 Å². The van der Waals surface area contributed by atoms with E-state index < -0.39 is 0 Å². The van der Waals surface area contributed by atoms with E-state index >= 15 is 0 Å². The highest BCUT2D eigenvalue weighted by Crippen LogP contribution is 2.18. The Balaban J connectivity index is 1.41. The number of hydrogen-bond donors (Lipinski definition) is 1. The van der Waals surface area contributed by atoms with Gasteiger partial charge < -0.3 is 14.5 Å². The Morgan fingerprint density at radius 2 is 1.80 bits per heavy atom. The van der Waals surface area contributed by atoms with E-state index in [-0.39, 0.29) is 5.91 Å². The first-order chi connectivity index (χ1) is 12.3. The molecule has 0 aliphatic carbocycles. The normalized spacial score (nSPS) is 10.4. The van der Waals surface area contributed by atoms with Gasteiger partial charge in [-0.1, -0.05) is 18.2 Å². The molecule has 1 amide bonds. The van der Waals surface area contributed by atoms with Crippen molar-refractivity contribution in [3.8, 4) is 5.75 Å². The minimum absolute atomic E-state index is 0.136. The lowest BCUT2D eigenvalue weighted by Crippen LogP contribution is -2.22. The zero-order chi connectivity index (χ0) is 17.3. The second-order valence-corrected chi connectivity index (χ2v) is 6.46. The lowest BCUT2D eigenvalue weighted by Gasteiger charge is -2.07. The first kappa shape index (κ1) is 17.2. The maximum absolute atomic E-state index is 12.1. The van der Waals surface area contributed by atoms with Gasteiger partial charge in [-0.3, -0.25) is 4.79 Å². The lowest BCUT2D eigenvalue weighted by molar-refractivity contribution is 0.0948. The van der Waals surface area contributed by atoms with Gasteiger partial charge in [-0.05, 0) is 48.5 Å². The van der Waals surface area contributed by atoms with Gasteiger partial charge in [-0.2, -0.15) is 0 Å². The van der Waals surface area contributed by atoms with Crippen LogP contribution in [0.2, 0.25) is 0 Å². The van der Waals surface area contributed by atoms with Crippen molar-refractivity contribution in [2.75, 3.05) is 12.4 Å². The molecule has 0 fully saturated rings. The summed E-state index contributed by atoms with van der Waals surface area (Å²) in [4.78, 5) is 13.3. The van der Waals surface area contributed by atoms with Gasteiger partial charge in [0.25, 0.3) is 5.91 Å². The van der Waals surface area contributed by atoms with Crippen LogP contribution in [0.1, 0.15) is 16.1 Å². The second kappa shape index (κ2) is 8.99. The smallest absolute Gasteiger partial charge is 0.251 e. The molecule has 128 valence electrons. The summed E-state index contributed by atoms with van der Waals surface area (Å²) in [5.74, 6) is 2.22. The molecule has 4 nitrogen and oxygen atoms in total. The fraction of sp³-hybridized carbons (Fsp3) is 0.150. The van der Waals surface area contributed by atoms with Crippen LogP contribution >= 0.6 is 11.8 Å². The molecule has 2 aromatic carbocycles. The molecule has 1 aromatic heterocycles. The number of rotatable bonds is 8. The monoisotopic (exact) mass is 353 g/mol. The average molecular weight is 353 g/mol.